The van der Waals surface area contributed by atoms with E-state index in [1.165, 1.54) is 5.57 Å². The van der Waals surface area contributed by atoms with Crippen LogP contribution in [-0.2, 0) is 0 Å². The lowest BCUT2D eigenvalue weighted by atomic mass is 9.97. The van der Waals surface area contributed by atoms with Crippen molar-refractivity contribution in [3.63, 3.8) is 0 Å². The fraction of sp³-hybridized carbons (Fsp3) is 0.391. The molecule has 0 amide bonds. The normalized spacial score (nSPS) is 17.7. The number of aromatic nitrogens is 5. The van der Waals surface area contributed by atoms with Crippen molar-refractivity contribution in [2.45, 2.75) is 45.6 Å². The van der Waals surface area contributed by atoms with Gasteiger partial charge in [0, 0.05) is 18.6 Å². The molecule has 0 aromatic carbocycles. The van der Waals surface area contributed by atoms with Gasteiger partial charge >= 0.3 is 0 Å². The van der Waals surface area contributed by atoms with Gasteiger partial charge in [0.15, 0.2) is 0 Å². The molecule has 1 saturated heterocycles. The number of fused-ring (bicyclic) bond motifs is 1. The standard InChI is InChI=1S/C23H26BrN7O/c1-14-4-3-5-15(2)21(14)30-13-19(24)20-18(22(30)32)11-26-23(29-20)28-16-10-27-31(12-16)17-6-8-25-9-7-17/h4,10-13,17,25H,3,5-9H2,1-2H3,(H,26,28,29). The van der Waals surface area contributed by atoms with Crippen molar-refractivity contribution in [2.75, 3.05) is 18.4 Å². The van der Waals surface area contributed by atoms with Crippen LogP contribution in [0.5, 0.6) is 0 Å². The van der Waals surface area contributed by atoms with Crippen molar-refractivity contribution in [1.82, 2.24) is 29.6 Å². The molecule has 0 bridgehead atoms. The van der Waals surface area contributed by atoms with E-state index in [-0.39, 0.29) is 5.56 Å². The van der Waals surface area contributed by atoms with Gasteiger partial charge in [0.2, 0.25) is 5.95 Å². The summed E-state index contributed by atoms with van der Waals surface area (Å²) in [6.07, 6.45) is 13.5. The van der Waals surface area contributed by atoms with Gasteiger partial charge in [-0.05, 0) is 79.7 Å². The Hall–Kier alpha value is -2.78. The van der Waals surface area contributed by atoms with E-state index >= 15 is 0 Å². The van der Waals surface area contributed by atoms with Crippen molar-refractivity contribution < 1.29 is 0 Å². The van der Waals surface area contributed by atoms with E-state index in [0.717, 1.165) is 60.2 Å². The molecule has 8 nitrogen and oxygen atoms in total. The summed E-state index contributed by atoms with van der Waals surface area (Å²) in [6.45, 7) is 6.16. The molecule has 3 aromatic heterocycles. The van der Waals surface area contributed by atoms with E-state index in [0.29, 0.717) is 22.9 Å². The molecule has 0 saturated carbocycles. The minimum atomic E-state index is -0.113. The summed E-state index contributed by atoms with van der Waals surface area (Å²) >= 11 is 3.62. The average Bonchev–Trinajstić information content (AvgIpc) is 3.26. The number of piperidine rings is 1. The van der Waals surface area contributed by atoms with Gasteiger partial charge in [-0.25, -0.2) is 9.97 Å². The minimum Gasteiger partial charge on any atom is -0.321 e. The Morgan fingerprint density at radius 2 is 2.00 bits per heavy atom. The first kappa shape index (κ1) is 21.1. The maximum Gasteiger partial charge on any atom is 0.266 e. The lowest BCUT2D eigenvalue weighted by Gasteiger charge is -2.22. The number of anilines is 2. The van der Waals surface area contributed by atoms with Gasteiger partial charge in [0.05, 0.1) is 39.0 Å². The Kier molecular flexibility index (Phi) is 5.69. The zero-order valence-electron chi connectivity index (χ0n) is 18.2. The first-order valence-corrected chi connectivity index (χ1v) is 11.8. The molecule has 1 aliphatic heterocycles. The number of allylic oxidation sites excluding steroid dienone is 4. The Bertz CT molecular complexity index is 1300. The van der Waals surface area contributed by atoms with Crippen LogP contribution in [-0.4, -0.2) is 37.4 Å². The van der Waals surface area contributed by atoms with Gasteiger partial charge in [-0.3, -0.25) is 14.0 Å². The quantitative estimate of drug-likeness (QED) is 0.557. The summed E-state index contributed by atoms with van der Waals surface area (Å²) in [4.78, 5) is 22.3. The maximum absolute atomic E-state index is 13.3. The average molecular weight is 496 g/mol. The SMILES string of the molecule is CC1=CCCC(C)=C1n1cc(Br)c2nc(Nc3cnn(C4CCNCC4)c3)ncc2c1=O. The first-order valence-electron chi connectivity index (χ1n) is 11.0. The van der Waals surface area contributed by atoms with Crippen molar-refractivity contribution in [3.8, 4) is 0 Å². The van der Waals surface area contributed by atoms with Crippen LogP contribution < -0.4 is 16.2 Å². The molecule has 2 N–H and O–H groups in total. The Balaban J connectivity index is 1.46. The molecular weight excluding hydrogens is 470 g/mol. The topological polar surface area (TPSA) is 89.7 Å². The van der Waals surface area contributed by atoms with Crippen LogP contribution in [0.1, 0.15) is 45.6 Å². The smallest absolute Gasteiger partial charge is 0.266 e. The monoisotopic (exact) mass is 495 g/mol. The summed E-state index contributed by atoms with van der Waals surface area (Å²) in [5, 5.41) is 11.6. The van der Waals surface area contributed by atoms with Crippen LogP contribution in [0.2, 0.25) is 0 Å². The molecule has 5 rings (SSSR count). The Morgan fingerprint density at radius 1 is 1.19 bits per heavy atom. The molecule has 0 unspecified atom stereocenters. The van der Waals surface area contributed by atoms with Crippen molar-refractivity contribution in [1.29, 1.82) is 0 Å². The second-order valence-electron chi connectivity index (χ2n) is 8.48. The number of nitrogens with one attached hydrogen (secondary N) is 2. The van der Waals surface area contributed by atoms with Crippen LogP contribution in [0.25, 0.3) is 16.6 Å². The third-order valence-electron chi connectivity index (χ3n) is 6.24. The first-order chi connectivity index (χ1) is 15.5. The van der Waals surface area contributed by atoms with E-state index in [1.807, 2.05) is 17.1 Å². The molecule has 166 valence electrons. The number of pyridine rings is 1. The third-order valence-corrected chi connectivity index (χ3v) is 6.82. The molecule has 0 atom stereocenters. The second-order valence-corrected chi connectivity index (χ2v) is 9.33. The molecule has 1 fully saturated rings. The third kappa shape index (κ3) is 3.91. The van der Waals surface area contributed by atoms with E-state index in [1.54, 1.807) is 17.0 Å². The Morgan fingerprint density at radius 3 is 2.78 bits per heavy atom. The molecule has 4 heterocycles. The van der Waals surface area contributed by atoms with E-state index < -0.39 is 0 Å². The molecule has 1 aliphatic carbocycles. The molecular formula is C23H26BrN7O. The lowest BCUT2D eigenvalue weighted by molar-refractivity contribution is 0.343. The van der Waals surface area contributed by atoms with E-state index in [4.69, 9.17) is 0 Å². The van der Waals surface area contributed by atoms with Gasteiger partial charge in [-0.15, -0.1) is 0 Å². The number of rotatable bonds is 4. The van der Waals surface area contributed by atoms with Crippen molar-refractivity contribution in [2.24, 2.45) is 0 Å². The van der Waals surface area contributed by atoms with E-state index in [2.05, 4.69) is 61.6 Å². The summed E-state index contributed by atoms with van der Waals surface area (Å²) in [6, 6.07) is 0.409. The van der Waals surface area contributed by atoms with Crippen LogP contribution >= 0.6 is 15.9 Å². The highest BCUT2D eigenvalue weighted by atomic mass is 79.9. The highest BCUT2D eigenvalue weighted by Gasteiger charge is 2.18. The van der Waals surface area contributed by atoms with Gasteiger partial charge in [0.1, 0.15) is 0 Å². The van der Waals surface area contributed by atoms with Crippen LogP contribution in [0.15, 0.2) is 51.3 Å². The van der Waals surface area contributed by atoms with Gasteiger partial charge in [0.25, 0.3) is 5.56 Å². The van der Waals surface area contributed by atoms with Crippen molar-refractivity contribution >= 4 is 44.2 Å². The number of halogens is 1. The minimum absolute atomic E-state index is 0.113. The molecule has 0 spiro atoms. The van der Waals surface area contributed by atoms with Gasteiger partial charge in [-0.1, -0.05) is 6.08 Å². The summed E-state index contributed by atoms with van der Waals surface area (Å²) in [5.74, 6) is 0.435. The fourth-order valence-corrected chi connectivity index (χ4v) is 5.07. The van der Waals surface area contributed by atoms with E-state index in [9.17, 15) is 4.79 Å². The molecule has 2 aliphatic rings. The van der Waals surface area contributed by atoms with Crippen LogP contribution in [0, 0.1) is 0 Å². The number of nitrogens with zero attached hydrogens (tertiary/aromatic N) is 5. The van der Waals surface area contributed by atoms with Crippen LogP contribution in [0.3, 0.4) is 0 Å². The molecule has 0 radical (unpaired) electrons. The predicted octanol–water partition coefficient (Wildman–Crippen LogP) is 4.39. The molecule has 32 heavy (non-hydrogen) atoms. The zero-order valence-corrected chi connectivity index (χ0v) is 19.8. The van der Waals surface area contributed by atoms with Gasteiger partial charge < -0.3 is 10.6 Å². The fourth-order valence-electron chi connectivity index (χ4n) is 4.56. The molecule has 9 heteroatoms. The maximum atomic E-state index is 13.3. The van der Waals surface area contributed by atoms with Crippen LogP contribution in [0.4, 0.5) is 11.6 Å². The highest BCUT2D eigenvalue weighted by molar-refractivity contribution is 9.10. The zero-order chi connectivity index (χ0) is 22.2. The highest BCUT2D eigenvalue weighted by Crippen LogP contribution is 2.30. The lowest BCUT2D eigenvalue weighted by Crippen LogP contribution is -2.29. The number of hydrogen-bond donors (Lipinski definition) is 2. The summed E-state index contributed by atoms with van der Waals surface area (Å²) in [5.41, 5.74) is 4.60. The number of hydrogen-bond acceptors (Lipinski definition) is 6. The second kappa shape index (κ2) is 8.63. The molecule has 3 aromatic rings. The summed E-state index contributed by atoms with van der Waals surface area (Å²) in [7, 11) is 0. The predicted molar refractivity (Wildman–Crippen MR) is 130 cm³/mol. The summed E-state index contributed by atoms with van der Waals surface area (Å²) < 4.78 is 4.47. The Labute approximate surface area is 194 Å². The van der Waals surface area contributed by atoms with Gasteiger partial charge in [-0.2, -0.15) is 5.10 Å². The largest absolute Gasteiger partial charge is 0.321 e. The van der Waals surface area contributed by atoms with Crippen molar-refractivity contribution in [3.05, 3.63) is 56.8 Å².